The summed E-state index contributed by atoms with van der Waals surface area (Å²) in [4.78, 5) is 40.5. The molecule has 1 saturated heterocycles. The van der Waals surface area contributed by atoms with Crippen LogP contribution in [0.3, 0.4) is 0 Å². The Kier molecular flexibility index (Phi) is 7.29. The van der Waals surface area contributed by atoms with Crippen LogP contribution in [0.15, 0.2) is 72.3 Å². The van der Waals surface area contributed by atoms with Gasteiger partial charge in [0.2, 0.25) is 0 Å². The first kappa shape index (κ1) is 25.5. The first-order chi connectivity index (χ1) is 17.8. The van der Waals surface area contributed by atoms with Crippen molar-refractivity contribution in [3.8, 4) is 11.5 Å². The molecule has 0 aromatic heterocycles. The van der Waals surface area contributed by atoms with E-state index in [4.69, 9.17) is 14.2 Å². The van der Waals surface area contributed by atoms with Crippen LogP contribution in [0.4, 0.5) is 5.69 Å². The van der Waals surface area contributed by atoms with Crippen LogP contribution < -0.4 is 14.4 Å². The van der Waals surface area contributed by atoms with Crippen LogP contribution in [0.5, 0.6) is 11.5 Å². The number of hydrogen-bond acceptors (Lipinski definition) is 7. The summed E-state index contributed by atoms with van der Waals surface area (Å²) >= 11 is 0. The van der Waals surface area contributed by atoms with Crippen molar-refractivity contribution in [2.24, 2.45) is 0 Å². The van der Waals surface area contributed by atoms with E-state index in [9.17, 15) is 19.5 Å². The fourth-order valence-corrected chi connectivity index (χ4v) is 4.37. The first-order valence-corrected chi connectivity index (χ1v) is 11.7. The Labute approximate surface area is 214 Å². The lowest BCUT2D eigenvalue weighted by Crippen LogP contribution is -2.29. The number of aryl methyl sites for hydroxylation is 1. The SMILES string of the molecule is CCOC(=O)c1cccc(N2C(=O)C(=O)/C(=C(\O)c3ccc(OC)cc3C)C2c2ccc(OC)cc2)c1. The number of rotatable bonds is 7. The molecule has 4 rings (SSSR count). The number of benzene rings is 3. The highest BCUT2D eigenvalue weighted by molar-refractivity contribution is 6.51. The number of anilines is 1. The summed E-state index contributed by atoms with van der Waals surface area (Å²) in [5.74, 6) is -1.32. The lowest BCUT2D eigenvalue weighted by atomic mass is 9.93. The molecular formula is C29H27NO7. The largest absolute Gasteiger partial charge is 0.507 e. The van der Waals surface area contributed by atoms with Gasteiger partial charge in [-0.25, -0.2) is 4.79 Å². The highest BCUT2D eigenvalue weighted by Crippen LogP contribution is 2.43. The van der Waals surface area contributed by atoms with Crippen molar-refractivity contribution < 1.29 is 33.7 Å². The number of carbonyl (C=O) groups excluding carboxylic acids is 3. The van der Waals surface area contributed by atoms with Crippen molar-refractivity contribution in [2.75, 3.05) is 25.7 Å². The molecule has 3 aromatic rings. The number of ketones is 1. The number of hydrogen-bond donors (Lipinski definition) is 1. The van der Waals surface area contributed by atoms with Crippen LogP contribution >= 0.6 is 0 Å². The molecule has 37 heavy (non-hydrogen) atoms. The molecule has 8 heteroatoms. The Balaban J connectivity index is 1.92. The van der Waals surface area contributed by atoms with Crippen LogP contribution in [-0.4, -0.2) is 43.6 Å². The molecule has 8 nitrogen and oxygen atoms in total. The number of aliphatic hydroxyl groups excluding tert-OH is 1. The highest BCUT2D eigenvalue weighted by Gasteiger charge is 2.47. The maximum Gasteiger partial charge on any atom is 0.338 e. The third kappa shape index (κ3) is 4.78. The summed E-state index contributed by atoms with van der Waals surface area (Å²) < 4.78 is 15.6. The van der Waals surface area contributed by atoms with Crippen LogP contribution in [0, 0.1) is 6.92 Å². The van der Waals surface area contributed by atoms with Crippen molar-refractivity contribution in [3.63, 3.8) is 0 Å². The molecule has 0 aliphatic carbocycles. The Bertz CT molecular complexity index is 1390. The second-order valence-electron chi connectivity index (χ2n) is 8.39. The maximum absolute atomic E-state index is 13.4. The van der Waals surface area contributed by atoms with E-state index in [0.717, 1.165) is 0 Å². The molecular weight excluding hydrogens is 474 g/mol. The summed E-state index contributed by atoms with van der Waals surface area (Å²) in [6.45, 7) is 3.67. The second kappa shape index (κ2) is 10.6. The van der Waals surface area contributed by atoms with Crippen LogP contribution in [0.1, 0.15) is 40.0 Å². The Morgan fingerprint density at radius 3 is 2.24 bits per heavy atom. The highest BCUT2D eigenvalue weighted by atomic mass is 16.5. The lowest BCUT2D eigenvalue weighted by molar-refractivity contribution is -0.132. The molecule has 1 aliphatic heterocycles. The fourth-order valence-electron chi connectivity index (χ4n) is 4.37. The smallest absolute Gasteiger partial charge is 0.338 e. The fraction of sp³-hybridized carbons (Fsp3) is 0.207. The molecule has 1 heterocycles. The van der Waals surface area contributed by atoms with E-state index in [0.29, 0.717) is 33.9 Å². The molecule has 1 aliphatic rings. The van der Waals surface area contributed by atoms with E-state index in [2.05, 4.69) is 0 Å². The van der Waals surface area contributed by atoms with Crippen molar-refractivity contribution in [1.29, 1.82) is 0 Å². The van der Waals surface area contributed by atoms with Gasteiger partial charge in [-0.2, -0.15) is 0 Å². The lowest BCUT2D eigenvalue weighted by Gasteiger charge is -2.26. The number of esters is 1. The zero-order valence-electron chi connectivity index (χ0n) is 21.0. The van der Waals surface area contributed by atoms with Gasteiger partial charge in [-0.15, -0.1) is 0 Å². The molecule has 0 bridgehead atoms. The van der Waals surface area contributed by atoms with Gasteiger partial charge in [0.05, 0.1) is 38.0 Å². The van der Waals surface area contributed by atoms with Crippen LogP contribution in [0.25, 0.3) is 5.76 Å². The van der Waals surface area contributed by atoms with Gasteiger partial charge in [0.25, 0.3) is 11.7 Å². The minimum Gasteiger partial charge on any atom is -0.507 e. The zero-order valence-corrected chi connectivity index (χ0v) is 21.0. The third-order valence-electron chi connectivity index (χ3n) is 6.20. The predicted molar refractivity (Wildman–Crippen MR) is 138 cm³/mol. The average Bonchev–Trinajstić information content (AvgIpc) is 3.18. The van der Waals surface area contributed by atoms with Gasteiger partial charge in [-0.3, -0.25) is 14.5 Å². The van der Waals surface area contributed by atoms with Gasteiger partial charge >= 0.3 is 5.97 Å². The third-order valence-corrected chi connectivity index (χ3v) is 6.20. The molecule has 0 radical (unpaired) electrons. The van der Waals surface area contributed by atoms with Crippen molar-refractivity contribution in [2.45, 2.75) is 19.9 Å². The van der Waals surface area contributed by atoms with E-state index in [1.54, 1.807) is 74.5 Å². The van der Waals surface area contributed by atoms with E-state index in [-0.39, 0.29) is 23.5 Å². The van der Waals surface area contributed by atoms with Gasteiger partial charge in [0, 0.05) is 11.3 Å². The molecule has 3 aromatic carbocycles. The van der Waals surface area contributed by atoms with Gasteiger partial charge < -0.3 is 19.3 Å². The summed E-state index contributed by atoms with van der Waals surface area (Å²) in [5.41, 5.74) is 2.14. The molecule has 1 unspecified atom stereocenters. The van der Waals surface area contributed by atoms with Crippen LogP contribution in [0.2, 0.25) is 0 Å². The molecule has 1 amide bonds. The van der Waals surface area contributed by atoms with Gasteiger partial charge in [-0.1, -0.05) is 18.2 Å². The first-order valence-electron chi connectivity index (χ1n) is 11.7. The molecule has 0 spiro atoms. The summed E-state index contributed by atoms with van der Waals surface area (Å²) in [5, 5.41) is 11.4. The van der Waals surface area contributed by atoms with E-state index in [1.165, 1.54) is 25.2 Å². The zero-order chi connectivity index (χ0) is 26.7. The summed E-state index contributed by atoms with van der Waals surface area (Å²) in [7, 11) is 3.07. The van der Waals surface area contributed by atoms with Crippen LogP contribution in [-0.2, 0) is 14.3 Å². The maximum atomic E-state index is 13.4. The number of carbonyl (C=O) groups is 3. The van der Waals surface area contributed by atoms with Crippen molar-refractivity contribution in [3.05, 3.63) is 94.6 Å². The molecule has 0 saturated carbocycles. The Morgan fingerprint density at radius 2 is 1.62 bits per heavy atom. The average molecular weight is 502 g/mol. The number of nitrogens with zero attached hydrogens (tertiary/aromatic N) is 1. The standard InChI is InChI=1S/C29H27NO7/c1-5-37-29(34)19-7-6-8-20(16-19)30-25(18-9-11-21(35-3)12-10-18)24(27(32)28(30)33)26(31)23-14-13-22(36-4)15-17(23)2/h6-16,25,31H,5H2,1-4H3/b26-24-. The van der Waals surface area contributed by atoms with Crippen molar-refractivity contribution >= 4 is 29.1 Å². The summed E-state index contributed by atoms with van der Waals surface area (Å²) in [6.07, 6.45) is 0. The number of Topliss-reactive ketones (excluding diaryl/α,β-unsaturated/α-hetero) is 1. The van der Waals surface area contributed by atoms with E-state index in [1.807, 2.05) is 0 Å². The topological polar surface area (TPSA) is 102 Å². The summed E-state index contributed by atoms with van der Waals surface area (Å²) in [6, 6.07) is 17.3. The molecule has 1 N–H and O–H groups in total. The van der Waals surface area contributed by atoms with Gasteiger partial charge in [0.15, 0.2) is 0 Å². The van der Waals surface area contributed by atoms with E-state index >= 15 is 0 Å². The minimum absolute atomic E-state index is 0.0648. The monoisotopic (exact) mass is 501 g/mol. The number of amides is 1. The normalized spacial score (nSPS) is 16.5. The molecule has 190 valence electrons. The van der Waals surface area contributed by atoms with Gasteiger partial charge in [0.1, 0.15) is 17.3 Å². The number of aliphatic hydroxyl groups is 1. The van der Waals surface area contributed by atoms with Crippen molar-refractivity contribution in [1.82, 2.24) is 0 Å². The Morgan fingerprint density at radius 1 is 0.946 bits per heavy atom. The predicted octanol–water partition coefficient (Wildman–Crippen LogP) is 4.82. The number of ether oxygens (including phenoxy) is 3. The molecule has 1 atom stereocenters. The quantitative estimate of drug-likeness (QED) is 0.214. The number of methoxy groups -OCH3 is 2. The molecule has 1 fully saturated rings. The van der Waals surface area contributed by atoms with Gasteiger partial charge in [-0.05, 0) is 73.5 Å². The second-order valence-corrected chi connectivity index (χ2v) is 8.39. The Hall–Kier alpha value is -4.59. The van der Waals surface area contributed by atoms with E-state index < -0.39 is 23.7 Å². The minimum atomic E-state index is -0.954.